The Morgan fingerprint density at radius 3 is 2.50 bits per heavy atom. The molecule has 1 rings (SSSR count). The molecule has 0 fully saturated rings. The highest BCUT2D eigenvalue weighted by molar-refractivity contribution is 7.89. The molecule has 0 amide bonds. The second-order valence-electron chi connectivity index (χ2n) is 5.26. The van der Waals surface area contributed by atoms with Gasteiger partial charge in [0.25, 0.3) is 10.0 Å². The lowest BCUT2D eigenvalue weighted by atomic mass is 10.2. The Labute approximate surface area is 122 Å². The smallest absolute Gasteiger partial charge is 0.262 e. The molecule has 0 unspecified atom stereocenters. The highest BCUT2D eigenvalue weighted by Crippen LogP contribution is 2.21. The van der Waals surface area contributed by atoms with Crippen molar-refractivity contribution in [2.75, 3.05) is 19.6 Å². The van der Waals surface area contributed by atoms with Gasteiger partial charge in [-0.1, -0.05) is 27.7 Å². The molecule has 20 heavy (non-hydrogen) atoms. The molecule has 0 aliphatic rings. The Hall–Kier alpha value is -0.920. The van der Waals surface area contributed by atoms with E-state index in [-0.39, 0.29) is 10.9 Å². The van der Waals surface area contributed by atoms with Crippen molar-refractivity contribution < 1.29 is 8.42 Å². The number of hydrogen-bond acceptors (Lipinski definition) is 4. The quantitative estimate of drug-likeness (QED) is 0.763. The summed E-state index contributed by atoms with van der Waals surface area (Å²) in [5.74, 6) is 0.280. The van der Waals surface area contributed by atoms with Gasteiger partial charge >= 0.3 is 0 Å². The maximum Gasteiger partial charge on any atom is 0.262 e. The van der Waals surface area contributed by atoms with Gasteiger partial charge in [0.05, 0.1) is 0 Å². The first kappa shape index (κ1) is 17.1. The molecule has 0 radical (unpaired) electrons. The first-order valence-corrected chi connectivity index (χ1v) is 8.53. The molecule has 0 saturated carbocycles. The molecule has 0 aromatic carbocycles. The molecule has 2 N–H and O–H groups in total. The van der Waals surface area contributed by atoms with Crippen LogP contribution in [0, 0.1) is 12.8 Å². The monoisotopic (exact) mass is 302 g/mol. The van der Waals surface area contributed by atoms with Crippen LogP contribution in [0.4, 0.5) is 0 Å². The Kier molecular flexibility index (Phi) is 6.16. The average Bonchev–Trinajstić information content (AvgIpc) is 2.75. The van der Waals surface area contributed by atoms with Gasteiger partial charge < -0.3 is 5.32 Å². The van der Waals surface area contributed by atoms with Gasteiger partial charge in [-0.05, 0) is 19.4 Å². The van der Waals surface area contributed by atoms with E-state index in [0.29, 0.717) is 19.6 Å². The van der Waals surface area contributed by atoms with E-state index in [9.17, 15) is 8.42 Å². The van der Waals surface area contributed by atoms with Crippen molar-refractivity contribution in [1.29, 1.82) is 0 Å². The van der Waals surface area contributed by atoms with Crippen LogP contribution in [-0.2, 0) is 16.6 Å². The average molecular weight is 302 g/mol. The predicted molar refractivity (Wildman–Crippen MR) is 80.0 cm³/mol. The molecule has 1 heterocycles. The highest BCUT2D eigenvalue weighted by Gasteiger charge is 2.29. The SMILES string of the molecule is CCNCc1c(S(=O)(=O)N(CC)CC(C)C)n[nH]c1C. The molecule has 1 aromatic heterocycles. The summed E-state index contributed by atoms with van der Waals surface area (Å²) in [4.78, 5) is 0. The standard InChI is InChI=1S/C13H26N4O2S/c1-6-14-8-12-11(5)15-16-13(12)20(18,19)17(7-2)9-10(3)4/h10,14H,6-9H2,1-5H3,(H,15,16). The molecule has 0 atom stereocenters. The molecule has 7 heteroatoms. The highest BCUT2D eigenvalue weighted by atomic mass is 32.2. The Morgan fingerprint density at radius 2 is 2.00 bits per heavy atom. The normalized spacial score (nSPS) is 12.6. The largest absolute Gasteiger partial charge is 0.313 e. The minimum Gasteiger partial charge on any atom is -0.313 e. The van der Waals surface area contributed by atoms with E-state index >= 15 is 0 Å². The lowest BCUT2D eigenvalue weighted by Crippen LogP contribution is -2.35. The van der Waals surface area contributed by atoms with Crippen LogP contribution in [0.25, 0.3) is 0 Å². The van der Waals surface area contributed by atoms with E-state index in [4.69, 9.17) is 0 Å². The van der Waals surface area contributed by atoms with Crippen LogP contribution in [0.5, 0.6) is 0 Å². The first-order valence-electron chi connectivity index (χ1n) is 7.09. The molecule has 116 valence electrons. The summed E-state index contributed by atoms with van der Waals surface area (Å²) in [6, 6.07) is 0. The van der Waals surface area contributed by atoms with E-state index in [1.165, 1.54) is 4.31 Å². The number of nitrogens with one attached hydrogen (secondary N) is 2. The maximum atomic E-state index is 12.7. The second kappa shape index (κ2) is 7.19. The van der Waals surface area contributed by atoms with Crippen molar-refractivity contribution in [2.24, 2.45) is 5.92 Å². The summed E-state index contributed by atoms with van der Waals surface area (Å²) in [5, 5.41) is 10.1. The van der Waals surface area contributed by atoms with Crippen LogP contribution in [0.2, 0.25) is 0 Å². The van der Waals surface area contributed by atoms with Crippen molar-refractivity contribution in [3.63, 3.8) is 0 Å². The lowest BCUT2D eigenvalue weighted by Gasteiger charge is -2.21. The van der Waals surface area contributed by atoms with E-state index in [0.717, 1.165) is 17.8 Å². The van der Waals surface area contributed by atoms with Crippen LogP contribution in [0.3, 0.4) is 0 Å². The number of aromatic nitrogens is 2. The first-order chi connectivity index (χ1) is 9.34. The van der Waals surface area contributed by atoms with Crippen molar-refractivity contribution in [3.8, 4) is 0 Å². The third-order valence-electron chi connectivity index (χ3n) is 3.09. The van der Waals surface area contributed by atoms with E-state index < -0.39 is 10.0 Å². The van der Waals surface area contributed by atoms with Crippen LogP contribution >= 0.6 is 0 Å². The third-order valence-corrected chi connectivity index (χ3v) is 5.01. The fraction of sp³-hybridized carbons (Fsp3) is 0.769. The summed E-state index contributed by atoms with van der Waals surface area (Å²) in [5.41, 5.74) is 1.53. The summed E-state index contributed by atoms with van der Waals surface area (Å²) < 4.78 is 26.9. The van der Waals surface area contributed by atoms with Crippen LogP contribution < -0.4 is 5.32 Å². The van der Waals surface area contributed by atoms with Gasteiger partial charge in [0.15, 0.2) is 5.03 Å². The number of rotatable bonds is 8. The lowest BCUT2D eigenvalue weighted by molar-refractivity contribution is 0.379. The fourth-order valence-corrected chi connectivity index (χ4v) is 3.80. The minimum absolute atomic E-state index is 0.151. The summed E-state index contributed by atoms with van der Waals surface area (Å²) in [7, 11) is -3.54. The van der Waals surface area contributed by atoms with E-state index in [1.807, 2.05) is 34.6 Å². The topological polar surface area (TPSA) is 78.1 Å². The van der Waals surface area contributed by atoms with Crippen LogP contribution in [-0.4, -0.2) is 42.6 Å². The molecule has 6 nitrogen and oxygen atoms in total. The van der Waals surface area contributed by atoms with Gasteiger partial charge in [-0.25, -0.2) is 8.42 Å². The number of sulfonamides is 1. The van der Waals surface area contributed by atoms with Crippen molar-refractivity contribution >= 4 is 10.0 Å². The van der Waals surface area contributed by atoms with Gasteiger partial charge in [-0.2, -0.15) is 9.40 Å². The summed E-state index contributed by atoms with van der Waals surface area (Å²) >= 11 is 0. The molecular weight excluding hydrogens is 276 g/mol. The molecule has 0 bridgehead atoms. The van der Waals surface area contributed by atoms with E-state index in [2.05, 4.69) is 15.5 Å². The third kappa shape index (κ3) is 3.80. The number of aryl methyl sites for hydroxylation is 1. The molecule has 0 aliphatic heterocycles. The summed E-state index contributed by atoms with van der Waals surface area (Å²) in [6.07, 6.45) is 0. The van der Waals surface area contributed by atoms with Gasteiger partial charge in [-0.3, -0.25) is 5.10 Å². The Morgan fingerprint density at radius 1 is 1.35 bits per heavy atom. The van der Waals surface area contributed by atoms with Gasteiger partial charge in [-0.15, -0.1) is 0 Å². The number of hydrogen-bond donors (Lipinski definition) is 2. The van der Waals surface area contributed by atoms with Gasteiger partial charge in [0.2, 0.25) is 0 Å². The zero-order valence-corrected chi connectivity index (χ0v) is 13.8. The second-order valence-corrected chi connectivity index (χ2v) is 7.12. The van der Waals surface area contributed by atoms with Crippen LogP contribution in [0.15, 0.2) is 5.03 Å². The zero-order chi connectivity index (χ0) is 15.3. The number of nitrogens with zero attached hydrogens (tertiary/aromatic N) is 2. The molecule has 0 spiro atoms. The van der Waals surface area contributed by atoms with Crippen LogP contribution in [0.1, 0.15) is 39.0 Å². The van der Waals surface area contributed by atoms with E-state index in [1.54, 1.807) is 0 Å². The van der Waals surface area contributed by atoms with Gasteiger partial charge in [0, 0.05) is 30.9 Å². The summed E-state index contributed by atoms with van der Waals surface area (Å²) in [6.45, 7) is 11.9. The Bertz CT molecular complexity index is 522. The molecular formula is C13H26N4O2S. The van der Waals surface area contributed by atoms with Crippen molar-refractivity contribution in [3.05, 3.63) is 11.3 Å². The maximum absolute atomic E-state index is 12.7. The van der Waals surface area contributed by atoms with Crippen molar-refractivity contribution in [1.82, 2.24) is 19.8 Å². The molecule has 0 aliphatic carbocycles. The molecule has 0 saturated heterocycles. The van der Waals surface area contributed by atoms with Gasteiger partial charge in [0.1, 0.15) is 0 Å². The molecule has 1 aromatic rings. The minimum atomic E-state index is -3.54. The number of H-pyrrole nitrogens is 1. The zero-order valence-electron chi connectivity index (χ0n) is 13.0. The van der Waals surface area contributed by atoms with Crippen molar-refractivity contribution in [2.45, 2.75) is 46.2 Å². The number of aromatic amines is 1. The Balaban J connectivity index is 3.14. The predicted octanol–water partition coefficient (Wildman–Crippen LogP) is 1.49. The fourth-order valence-electron chi connectivity index (χ4n) is 2.03.